The summed E-state index contributed by atoms with van der Waals surface area (Å²) in [6.45, 7) is 49.8. The van der Waals surface area contributed by atoms with E-state index in [1.807, 2.05) is 103 Å². The first kappa shape index (κ1) is 107. The molecule has 6 bridgehead atoms. The second-order valence-corrected chi connectivity index (χ2v) is 35.1. The Bertz CT molecular complexity index is 2450. The molecule has 10 fully saturated rings. The highest BCUT2D eigenvalue weighted by Gasteiger charge is 2.41. The summed E-state index contributed by atoms with van der Waals surface area (Å²) in [6.07, 6.45) is 49.8. The van der Waals surface area contributed by atoms with Crippen molar-refractivity contribution in [2.24, 2.45) is 59.2 Å². The van der Waals surface area contributed by atoms with Gasteiger partial charge in [-0.15, -0.1) is 0 Å². The summed E-state index contributed by atoms with van der Waals surface area (Å²) >= 11 is 0. The predicted octanol–water partition coefficient (Wildman–Crippen LogP) is 27.3. The van der Waals surface area contributed by atoms with Crippen LogP contribution in [0.15, 0.2) is 91.0 Å². The summed E-state index contributed by atoms with van der Waals surface area (Å²) in [5, 5.41) is 0. The van der Waals surface area contributed by atoms with E-state index in [4.69, 9.17) is 56.8 Å². The van der Waals surface area contributed by atoms with Crippen LogP contribution in [-0.2, 0) is 65.1 Å². The van der Waals surface area contributed by atoms with Crippen LogP contribution in [0.5, 0.6) is 5.75 Å². The molecule has 0 aliphatic heterocycles. The average Bonchev–Trinajstić information content (AvgIpc) is 1.70. The number of hydrogen-bond acceptors (Lipinski definition) is 12. The van der Waals surface area contributed by atoms with Gasteiger partial charge in [0.25, 0.3) is 0 Å². The Balaban J connectivity index is 0.000000424. The Morgan fingerprint density at radius 2 is 0.719 bits per heavy atom. The lowest BCUT2D eigenvalue weighted by Crippen LogP contribution is -2.19. The highest BCUT2D eigenvalue weighted by atomic mass is 16.5. The molecule has 114 heavy (non-hydrogen) atoms. The number of rotatable bonds is 30. The number of fused-ring (bicyclic) bond motifs is 6. The minimum Gasteiger partial charge on any atom is -0.494 e. The molecule has 12 heteroatoms. The summed E-state index contributed by atoms with van der Waals surface area (Å²) in [6, 6.07) is 30.4. The molecule has 664 valence electrons. The van der Waals surface area contributed by atoms with Crippen molar-refractivity contribution in [3.63, 3.8) is 0 Å². The topological polar surface area (TPSA) is 111 Å². The zero-order valence-electron chi connectivity index (χ0n) is 77.6. The van der Waals surface area contributed by atoms with E-state index in [1.54, 1.807) is 7.11 Å². The number of methoxy groups -OCH3 is 1. The van der Waals surface area contributed by atoms with Gasteiger partial charge < -0.3 is 56.8 Å². The molecule has 10 aliphatic carbocycles. The van der Waals surface area contributed by atoms with Crippen molar-refractivity contribution in [2.45, 2.75) is 372 Å². The fourth-order valence-electron chi connectivity index (χ4n) is 17.7. The maximum Gasteiger partial charge on any atom is 0.119 e. The molecule has 0 amide bonds. The highest BCUT2D eigenvalue weighted by molar-refractivity contribution is 5.20. The molecule has 3 aromatic rings. The maximum absolute atomic E-state index is 5.64. The van der Waals surface area contributed by atoms with E-state index in [1.165, 1.54) is 223 Å². The van der Waals surface area contributed by atoms with Crippen molar-refractivity contribution >= 4 is 0 Å². The molecule has 9 atom stereocenters. The molecule has 0 spiro atoms. The van der Waals surface area contributed by atoms with E-state index in [9.17, 15) is 0 Å². The quantitative estimate of drug-likeness (QED) is 0.0593. The summed E-state index contributed by atoms with van der Waals surface area (Å²) < 4.78 is 63.9. The molecule has 0 radical (unpaired) electrons. The average molecular weight is 1600 g/mol. The third-order valence-corrected chi connectivity index (χ3v) is 23.9. The standard InChI is InChI=1S/C11H20O.C10H18O.C10H20O.C10H14O.C9H16O.C9H18O.C9H12O.C8H16O.C8H10O.C7H14O.C6H14O.C5H12O/c1-2-12-6-5-11-8-9-3-4-10(11)7-9;1-2-11-7-10-6-8-3-4-9(10)5-8;2*1-2-11-9-8-10-6-4-3-5-7-10;1-2-10-9-6-7-3-4-8(9)5-7;2*1-2-10-8-9-6-4-3-5-7-9;2*1-2-9-8-6-4-3-5-7-8;1-2-8-7-5-3-4-6-7;1-5-7-6(2,3)4;1-5(2,3)6-4/h9-11H,2-8H2,1H3;8-10H,2-7H2,1H3;10H,2-9H2,1H3;3-7H,2,8-9H2,1H3;7-9H,2-6H2,1H3;9H,2-8H2,1H3;3-7H,2,8H2,1H3;8H,2-7H2,1H3;3-7H,2H2,1H3;7H,2-6H2,1H3;5H2,1-4H3;1-4H3. The first-order chi connectivity index (χ1) is 55.3. The molecule has 10 saturated carbocycles. The zero-order valence-corrected chi connectivity index (χ0v) is 77.6. The van der Waals surface area contributed by atoms with Crippen molar-refractivity contribution in [1.29, 1.82) is 0 Å². The number of benzene rings is 3. The van der Waals surface area contributed by atoms with Crippen molar-refractivity contribution in [2.75, 3.05) is 113 Å². The third-order valence-electron chi connectivity index (χ3n) is 23.9. The van der Waals surface area contributed by atoms with Crippen LogP contribution in [-0.4, -0.2) is 142 Å². The predicted molar refractivity (Wildman–Crippen MR) is 484 cm³/mol. The van der Waals surface area contributed by atoms with Gasteiger partial charge in [-0.1, -0.05) is 175 Å². The molecule has 0 aromatic heterocycles. The Morgan fingerprint density at radius 1 is 0.316 bits per heavy atom. The van der Waals surface area contributed by atoms with E-state index in [-0.39, 0.29) is 11.2 Å². The fraction of sp³-hybridized carbons (Fsp3) is 0.824. The van der Waals surface area contributed by atoms with Gasteiger partial charge in [0.1, 0.15) is 5.75 Å². The SMILES string of the molecule is CCOC(C)(C)C.CCOC1CC2CCC1C2.CCOC1CCCC1.CCOC1CCCCC1.CCOCC1CC2CCC1C2.CCOCC1CCCCC1.CCOCCC1CC2CCC1C2.CCOCCC1CCCCC1.CCOCCc1ccccc1.CCOCc1ccccc1.CCOc1ccccc1.COC(C)(C)C. The lowest BCUT2D eigenvalue weighted by atomic mass is 9.87. The van der Waals surface area contributed by atoms with Gasteiger partial charge in [0.2, 0.25) is 0 Å². The molecule has 3 aromatic carbocycles. The van der Waals surface area contributed by atoms with Gasteiger partial charge in [0.15, 0.2) is 0 Å². The van der Waals surface area contributed by atoms with Gasteiger partial charge in [0.05, 0.1) is 49.3 Å². The van der Waals surface area contributed by atoms with E-state index < -0.39 is 0 Å². The second-order valence-electron chi connectivity index (χ2n) is 35.1. The molecule has 13 rings (SSSR count). The Labute approximate surface area is 705 Å². The van der Waals surface area contributed by atoms with Crippen LogP contribution in [0.3, 0.4) is 0 Å². The van der Waals surface area contributed by atoms with Crippen LogP contribution in [0.2, 0.25) is 0 Å². The summed E-state index contributed by atoms with van der Waals surface area (Å²) in [5.74, 6) is 11.0. The number of para-hydroxylation sites is 1. The van der Waals surface area contributed by atoms with Crippen LogP contribution < -0.4 is 4.74 Å². The minimum atomic E-state index is 0.0417. The number of ether oxygens (including phenoxy) is 12. The van der Waals surface area contributed by atoms with E-state index in [2.05, 4.69) is 106 Å². The molecular weight excluding hydrogens is 1420 g/mol. The van der Waals surface area contributed by atoms with Crippen LogP contribution in [0.4, 0.5) is 0 Å². The summed E-state index contributed by atoms with van der Waals surface area (Å²) in [7, 11) is 1.71. The first-order valence-corrected chi connectivity index (χ1v) is 47.6. The molecule has 12 nitrogen and oxygen atoms in total. The monoisotopic (exact) mass is 1600 g/mol. The van der Waals surface area contributed by atoms with Gasteiger partial charge in [-0.05, 0) is 322 Å². The maximum atomic E-state index is 5.64. The summed E-state index contributed by atoms with van der Waals surface area (Å²) in [4.78, 5) is 0. The normalized spacial score (nSPS) is 23.1. The van der Waals surface area contributed by atoms with Crippen LogP contribution >= 0.6 is 0 Å². The molecule has 0 heterocycles. The largest absolute Gasteiger partial charge is 0.494 e. The molecule has 0 saturated heterocycles. The number of hydrogen-bond donors (Lipinski definition) is 0. The minimum absolute atomic E-state index is 0.0417. The lowest BCUT2D eigenvalue weighted by Gasteiger charge is -2.20. The molecule has 10 aliphatic rings. The Kier molecular flexibility index (Phi) is 67.4. The second kappa shape index (κ2) is 71.7. The highest BCUT2D eigenvalue weighted by Crippen LogP contribution is 2.50. The lowest BCUT2D eigenvalue weighted by molar-refractivity contribution is 0.00530. The van der Waals surface area contributed by atoms with Crippen LogP contribution in [0.25, 0.3) is 0 Å². The molecule has 9 unspecified atom stereocenters. The first-order valence-electron chi connectivity index (χ1n) is 47.6. The van der Waals surface area contributed by atoms with Crippen molar-refractivity contribution in [3.8, 4) is 5.75 Å². The van der Waals surface area contributed by atoms with Gasteiger partial charge in [-0.3, -0.25) is 0 Å². The van der Waals surface area contributed by atoms with E-state index in [0.29, 0.717) is 18.3 Å². The van der Waals surface area contributed by atoms with Gasteiger partial charge in [-0.2, -0.15) is 0 Å². The van der Waals surface area contributed by atoms with E-state index in [0.717, 1.165) is 184 Å². The fourth-order valence-corrected chi connectivity index (χ4v) is 17.7. The Hall–Kier alpha value is -2.98. The van der Waals surface area contributed by atoms with E-state index >= 15 is 0 Å². The van der Waals surface area contributed by atoms with Gasteiger partial charge >= 0.3 is 0 Å². The molecule has 0 N–H and O–H groups in total. The Morgan fingerprint density at radius 3 is 1.11 bits per heavy atom. The van der Waals surface area contributed by atoms with Gasteiger partial charge in [-0.25, -0.2) is 0 Å². The third kappa shape index (κ3) is 57.3. The van der Waals surface area contributed by atoms with Gasteiger partial charge in [0, 0.05) is 99.6 Å². The molecular formula is C102H184O12. The zero-order chi connectivity index (χ0) is 83.4. The van der Waals surface area contributed by atoms with Crippen molar-refractivity contribution in [1.82, 2.24) is 0 Å². The van der Waals surface area contributed by atoms with Crippen molar-refractivity contribution < 1.29 is 56.8 Å². The van der Waals surface area contributed by atoms with Crippen LogP contribution in [0, 0.1) is 59.2 Å². The van der Waals surface area contributed by atoms with Crippen LogP contribution in [0.1, 0.15) is 341 Å². The smallest absolute Gasteiger partial charge is 0.119 e. The van der Waals surface area contributed by atoms with Crippen molar-refractivity contribution in [3.05, 3.63) is 102 Å². The summed E-state index contributed by atoms with van der Waals surface area (Å²) in [5.41, 5.74) is 2.68.